The predicted molar refractivity (Wildman–Crippen MR) is 96.6 cm³/mol. The standard InChI is InChI=1S/C20H19FN2O4/c21-16-7-3-14(4-8-16)12-22-18(24)13-27-20(26)15-5-9-17(10-6-15)23-11-1-2-19(23)25/h3-10H,1-2,11-13H2,(H,22,24). The summed E-state index contributed by atoms with van der Waals surface area (Å²) in [6.07, 6.45) is 1.37. The van der Waals surface area contributed by atoms with E-state index in [1.807, 2.05) is 0 Å². The fourth-order valence-electron chi connectivity index (χ4n) is 2.77. The van der Waals surface area contributed by atoms with Crippen LogP contribution in [0.4, 0.5) is 10.1 Å². The number of esters is 1. The summed E-state index contributed by atoms with van der Waals surface area (Å²) < 4.78 is 17.8. The summed E-state index contributed by atoms with van der Waals surface area (Å²) in [5, 5.41) is 2.59. The lowest BCUT2D eigenvalue weighted by Gasteiger charge is -2.15. The minimum Gasteiger partial charge on any atom is -0.452 e. The van der Waals surface area contributed by atoms with Gasteiger partial charge in [0.25, 0.3) is 5.91 Å². The molecule has 27 heavy (non-hydrogen) atoms. The van der Waals surface area contributed by atoms with Crippen molar-refractivity contribution in [1.82, 2.24) is 5.32 Å². The van der Waals surface area contributed by atoms with Crippen molar-refractivity contribution >= 4 is 23.5 Å². The van der Waals surface area contributed by atoms with E-state index in [0.717, 1.165) is 17.7 Å². The Kier molecular flexibility index (Phi) is 5.80. The van der Waals surface area contributed by atoms with E-state index >= 15 is 0 Å². The van der Waals surface area contributed by atoms with Gasteiger partial charge in [-0.05, 0) is 48.4 Å². The van der Waals surface area contributed by atoms with Crippen LogP contribution in [-0.4, -0.2) is 30.9 Å². The van der Waals surface area contributed by atoms with Gasteiger partial charge < -0.3 is 15.0 Å². The molecule has 1 N–H and O–H groups in total. The van der Waals surface area contributed by atoms with E-state index in [1.165, 1.54) is 12.1 Å². The quantitative estimate of drug-likeness (QED) is 0.793. The van der Waals surface area contributed by atoms with Gasteiger partial charge >= 0.3 is 5.97 Å². The van der Waals surface area contributed by atoms with Gasteiger partial charge in [0.05, 0.1) is 5.56 Å². The van der Waals surface area contributed by atoms with Gasteiger partial charge in [-0.1, -0.05) is 12.1 Å². The molecule has 0 aliphatic carbocycles. The highest BCUT2D eigenvalue weighted by atomic mass is 19.1. The Bertz CT molecular complexity index is 834. The van der Waals surface area contributed by atoms with Crippen molar-refractivity contribution < 1.29 is 23.5 Å². The maximum absolute atomic E-state index is 12.8. The highest BCUT2D eigenvalue weighted by Crippen LogP contribution is 2.21. The molecule has 0 atom stereocenters. The van der Waals surface area contributed by atoms with Crippen molar-refractivity contribution in [2.75, 3.05) is 18.1 Å². The number of rotatable bonds is 6. The normalized spacial score (nSPS) is 13.5. The highest BCUT2D eigenvalue weighted by molar-refractivity contribution is 5.96. The number of benzene rings is 2. The van der Waals surface area contributed by atoms with Crippen molar-refractivity contribution in [1.29, 1.82) is 0 Å². The summed E-state index contributed by atoms with van der Waals surface area (Å²) in [5.41, 5.74) is 1.78. The van der Waals surface area contributed by atoms with Crippen LogP contribution in [0.3, 0.4) is 0 Å². The zero-order valence-electron chi connectivity index (χ0n) is 14.6. The zero-order chi connectivity index (χ0) is 19.2. The van der Waals surface area contributed by atoms with E-state index in [-0.39, 0.29) is 18.3 Å². The molecule has 2 amide bonds. The lowest BCUT2D eigenvalue weighted by molar-refractivity contribution is -0.124. The van der Waals surface area contributed by atoms with E-state index in [9.17, 15) is 18.8 Å². The Balaban J connectivity index is 1.46. The lowest BCUT2D eigenvalue weighted by atomic mass is 10.2. The molecular formula is C20H19FN2O4. The first-order chi connectivity index (χ1) is 13.0. The average Bonchev–Trinajstić information content (AvgIpc) is 3.11. The minimum atomic E-state index is -0.619. The van der Waals surface area contributed by atoms with Crippen LogP contribution in [0.5, 0.6) is 0 Å². The predicted octanol–water partition coefficient (Wildman–Crippen LogP) is 2.43. The zero-order valence-corrected chi connectivity index (χ0v) is 14.6. The van der Waals surface area contributed by atoms with Gasteiger partial charge in [-0.15, -0.1) is 0 Å². The molecule has 6 nitrogen and oxygen atoms in total. The molecule has 3 rings (SSSR count). The number of carbonyl (C=O) groups excluding carboxylic acids is 3. The van der Waals surface area contributed by atoms with Crippen LogP contribution in [-0.2, 0) is 20.9 Å². The summed E-state index contributed by atoms with van der Waals surface area (Å²) in [6, 6.07) is 12.3. The van der Waals surface area contributed by atoms with Crippen LogP contribution in [0.1, 0.15) is 28.8 Å². The lowest BCUT2D eigenvalue weighted by Crippen LogP contribution is -2.28. The summed E-state index contributed by atoms with van der Waals surface area (Å²) in [4.78, 5) is 37.2. The number of nitrogens with zero attached hydrogens (tertiary/aromatic N) is 1. The molecule has 0 spiro atoms. The molecule has 140 valence electrons. The third-order valence-corrected chi connectivity index (χ3v) is 4.23. The van der Waals surface area contributed by atoms with Crippen LogP contribution in [0.15, 0.2) is 48.5 Å². The fraction of sp³-hybridized carbons (Fsp3) is 0.250. The van der Waals surface area contributed by atoms with Crippen LogP contribution in [0.2, 0.25) is 0 Å². The van der Waals surface area contributed by atoms with Crippen molar-refractivity contribution in [2.24, 2.45) is 0 Å². The number of halogens is 1. The molecule has 1 aliphatic rings. The minimum absolute atomic E-state index is 0.0724. The summed E-state index contributed by atoms with van der Waals surface area (Å²) in [7, 11) is 0. The number of hydrogen-bond acceptors (Lipinski definition) is 4. The second-order valence-corrected chi connectivity index (χ2v) is 6.18. The number of amides is 2. The monoisotopic (exact) mass is 370 g/mol. The number of nitrogens with one attached hydrogen (secondary N) is 1. The second-order valence-electron chi connectivity index (χ2n) is 6.18. The molecule has 1 heterocycles. The summed E-state index contributed by atoms with van der Waals surface area (Å²) in [6.45, 7) is 0.485. The van der Waals surface area contributed by atoms with Gasteiger partial charge in [0.15, 0.2) is 6.61 Å². The van der Waals surface area contributed by atoms with Gasteiger partial charge in [-0.3, -0.25) is 9.59 Å². The second kappa shape index (κ2) is 8.44. The number of carbonyl (C=O) groups is 3. The van der Waals surface area contributed by atoms with Crippen LogP contribution < -0.4 is 10.2 Å². The molecule has 1 saturated heterocycles. The van der Waals surface area contributed by atoms with Crippen molar-refractivity contribution in [2.45, 2.75) is 19.4 Å². The first-order valence-electron chi connectivity index (χ1n) is 8.61. The third kappa shape index (κ3) is 4.91. The molecule has 1 fully saturated rings. The molecule has 2 aromatic carbocycles. The van der Waals surface area contributed by atoms with Crippen LogP contribution in [0.25, 0.3) is 0 Å². The van der Waals surface area contributed by atoms with Crippen LogP contribution in [0, 0.1) is 5.82 Å². The molecule has 1 aliphatic heterocycles. The Morgan fingerprint density at radius 2 is 1.78 bits per heavy atom. The largest absolute Gasteiger partial charge is 0.452 e. The molecule has 2 aromatic rings. The molecular weight excluding hydrogens is 351 g/mol. The fourth-order valence-corrected chi connectivity index (χ4v) is 2.77. The molecule has 0 bridgehead atoms. The van der Waals surface area contributed by atoms with Gasteiger partial charge in [0, 0.05) is 25.2 Å². The molecule has 0 saturated carbocycles. The first-order valence-corrected chi connectivity index (χ1v) is 8.61. The Hall–Kier alpha value is -3.22. The third-order valence-electron chi connectivity index (χ3n) is 4.23. The first kappa shape index (κ1) is 18.6. The molecule has 0 unspecified atom stereocenters. The Labute approximate surface area is 155 Å². The number of anilines is 1. The topological polar surface area (TPSA) is 75.7 Å². The van der Waals surface area contributed by atoms with Crippen molar-refractivity contribution in [3.05, 3.63) is 65.5 Å². The highest BCUT2D eigenvalue weighted by Gasteiger charge is 2.21. The van der Waals surface area contributed by atoms with Gasteiger partial charge in [0.2, 0.25) is 5.91 Å². The number of ether oxygens (including phenoxy) is 1. The Morgan fingerprint density at radius 1 is 1.07 bits per heavy atom. The maximum Gasteiger partial charge on any atom is 0.338 e. The Morgan fingerprint density at radius 3 is 2.41 bits per heavy atom. The van der Waals surface area contributed by atoms with Crippen molar-refractivity contribution in [3.8, 4) is 0 Å². The smallest absolute Gasteiger partial charge is 0.338 e. The SMILES string of the molecule is O=C(COC(=O)c1ccc(N2CCCC2=O)cc1)NCc1ccc(F)cc1. The van der Waals surface area contributed by atoms with E-state index in [4.69, 9.17) is 4.74 Å². The van der Waals surface area contributed by atoms with Crippen molar-refractivity contribution in [3.63, 3.8) is 0 Å². The average molecular weight is 370 g/mol. The molecule has 7 heteroatoms. The number of hydrogen-bond donors (Lipinski definition) is 1. The molecule has 0 radical (unpaired) electrons. The maximum atomic E-state index is 12.8. The summed E-state index contributed by atoms with van der Waals surface area (Å²) >= 11 is 0. The van der Waals surface area contributed by atoms with Crippen LogP contribution >= 0.6 is 0 Å². The van der Waals surface area contributed by atoms with Gasteiger partial charge in [-0.2, -0.15) is 0 Å². The summed E-state index contributed by atoms with van der Waals surface area (Å²) in [5.74, 6) is -1.35. The van der Waals surface area contributed by atoms with Gasteiger partial charge in [-0.25, -0.2) is 9.18 Å². The van der Waals surface area contributed by atoms with E-state index in [2.05, 4.69) is 5.32 Å². The van der Waals surface area contributed by atoms with E-state index in [1.54, 1.807) is 41.3 Å². The van der Waals surface area contributed by atoms with E-state index in [0.29, 0.717) is 18.5 Å². The molecule has 0 aromatic heterocycles. The van der Waals surface area contributed by atoms with Gasteiger partial charge in [0.1, 0.15) is 5.82 Å². The van der Waals surface area contributed by atoms with E-state index < -0.39 is 18.5 Å².